The Morgan fingerprint density at radius 1 is 1.15 bits per heavy atom. The van der Waals surface area contributed by atoms with Gasteiger partial charge < -0.3 is 10.1 Å². The number of aryl methyl sites for hydroxylation is 1. The Balaban J connectivity index is 1.75. The molecule has 204 valence electrons. The molecule has 0 radical (unpaired) electrons. The number of aromatic amines is 1. The molecule has 40 heavy (non-hydrogen) atoms. The lowest BCUT2D eigenvalue weighted by atomic mass is 9.95. The van der Waals surface area contributed by atoms with Gasteiger partial charge in [-0.1, -0.05) is 37.6 Å². The van der Waals surface area contributed by atoms with Crippen molar-refractivity contribution in [3.63, 3.8) is 0 Å². The number of halogens is 1. The van der Waals surface area contributed by atoms with Crippen molar-refractivity contribution in [2.24, 2.45) is 0 Å². The Morgan fingerprint density at radius 3 is 2.52 bits per heavy atom. The van der Waals surface area contributed by atoms with E-state index in [-0.39, 0.29) is 40.4 Å². The summed E-state index contributed by atoms with van der Waals surface area (Å²) in [5.74, 6) is 0.0257. The number of nitriles is 1. The van der Waals surface area contributed by atoms with Crippen molar-refractivity contribution in [3.8, 4) is 11.8 Å². The summed E-state index contributed by atoms with van der Waals surface area (Å²) in [7, 11) is 1.59. The topological polar surface area (TPSA) is 143 Å². The Bertz CT molecular complexity index is 1740. The zero-order chi connectivity index (χ0) is 29.0. The zero-order valence-electron chi connectivity index (χ0n) is 22.4. The van der Waals surface area contributed by atoms with Gasteiger partial charge in [0.1, 0.15) is 16.6 Å². The van der Waals surface area contributed by atoms with Crippen LogP contribution < -0.4 is 21.3 Å². The number of anilines is 1. The molecule has 0 aliphatic rings. The smallest absolute Gasteiger partial charge is 0.329 e. The van der Waals surface area contributed by atoms with Crippen LogP contribution in [0.3, 0.4) is 0 Å². The number of hydrogen-bond donors (Lipinski definition) is 2. The molecule has 2 aromatic heterocycles. The number of methoxy groups -OCH3 is 1. The fraction of sp³-hybridized carbons (Fsp3) is 0.241. The van der Waals surface area contributed by atoms with Gasteiger partial charge in [-0.3, -0.25) is 19.1 Å². The molecule has 2 heterocycles. The van der Waals surface area contributed by atoms with Gasteiger partial charge in [0, 0.05) is 17.7 Å². The molecule has 0 amide bonds. The summed E-state index contributed by atoms with van der Waals surface area (Å²) < 4.78 is 6.36. The van der Waals surface area contributed by atoms with Crippen LogP contribution in [-0.4, -0.2) is 32.4 Å². The molecular formula is C29H27ClN6O4. The summed E-state index contributed by atoms with van der Waals surface area (Å²) in [5.41, 5.74) is 1.15. The van der Waals surface area contributed by atoms with E-state index < -0.39 is 17.0 Å². The van der Waals surface area contributed by atoms with Crippen molar-refractivity contribution in [1.82, 2.24) is 19.5 Å². The Morgan fingerprint density at radius 2 is 1.88 bits per heavy atom. The first kappa shape index (κ1) is 28.3. The number of aromatic nitrogens is 4. The first-order valence-electron chi connectivity index (χ1n) is 12.4. The average molecular weight is 559 g/mol. The van der Waals surface area contributed by atoms with E-state index in [0.717, 1.165) is 11.3 Å². The number of carbonyl (C=O) groups is 1. The third kappa shape index (κ3) is 6.27. The van der Waals surface area contributed by atoms with Crippen LogP contribution >= 0.6 is 11.6 Å². The van der Waals surface area contributed by atoms with E-state index in [1.54, 1.807) is 40.0 Å². The lowest BCUT2D eigenvalue weighted by Gasteiger charge is -2.18. The van der Waals surface area contributed by atoms with Gasteiger partial charge in [-0.15, -0.1) is 0 Å². The minimum atomic E-state index is -0.770. The van der Waals surface area contributed by atoms with E-state index in [4.69, 9.17) is 16.3 Å². The monoisotopic (exact) mass is 558 g/mol. The van der Waals surface area contributed by atoms with Crippen LogP contribution in [0.15, 0.2) is 58.1 Å². The van der Waals surface area contributed by atoms with Gasteiger partial charge in [0.05, 0.1) is 31.0 Å². The number of H-pyrrole nitrogens is 1. The molecule has 10 nitrogen and oxygen atoms in total. The lowest BCUT2D eigenvalue weighted by molar-refractivity contribution is 0.102. The van der Waals surface area contributed by atoms with E-state index in [9.17, 15) is 19.6 Å². The number of ether oxygens (including phenoxy) is 1. The van der Waals surface area contributed by atoms with Crippen molar-refractivity contribution in [2.45, 2.75) is 39.8 Å². The maximum absolute atomic E-state index is 13.8. The first-order valence-corrected chi connectivity index (χ1v) is 12.8. The predicted octanol–water partition coefficient (Wildman–Crippen LogP) is 4.18. The summed E-state index contributed by atoms with van der Waals surface area (Å²) in [4.78, 5) is 50.8. The molecule has 0 spiro atoms. The largest absolute Gasteiger partial charge is 0.497 e. The van der Waals surface area contributed by atoms with Gasteiger partial charge >= 0.3 is 5.69 Å². The second kappa shape index (κ2) is 12.0. The van der Waals surface area contributed by atoms with E-state index in [1.807, 2.05) is 30.3 Å². The van der Waals surface area contributed by atoms with Crippen LogP contribution in [0.5, 0.6) is 5.75 Å². The quantitative estimate of drug-likeness (QED) is 0.230. The molecule has 0 aliphatic carbocycles. The fourth-order valence-corrected chi connectivity index (χ4v) is 4.55. The third-order valence-corrected chi connectivity index (χ3v) is 6.37. The highest BCUT2D eigenvalue weighted by atomic mass is 35.5. The van der Waals surface area contributed by atoms with Crippen molar-refractivity contribution in [2.75, 3.05) is 12.4 Å². The summed E-state index contributed by atoms with van der Waals surface area (Å²) in [6.07, 6.45) is 0. The molecule has 4 rings (SSSR count). The first-order chi connectivity index (χ1) is 19.1. The highest BCUT2D eigenvalue weighted by molar-refractivity contribution is 6.29. The minimum absolute atomic E-state index is 0.0688. The molecule has 0 aliphatic heterocycles. The van der Waals surface area contributed by atoms with E-state index in [0.29, 0.717) is 23.4 Å². The standard InChI is InChI=1S/C29H27ClN6O4/c1-16(2)24-25(26(37)20-10-17(3)9-19(11-20)13-31)36(29(39)35-27(24)38)15-21-12-23(30)34-28(33-21)32-14-18-5-7-22(40-4)8-6-18/h5-12,16H,14-15H2,1-4H3,(H,32,33,34)(H,35,38,39). The summed E-state index contributed by atoms with van der Waals surface area (Å²) in [6.45, 7) is 5.52. The van der Waals surface area contributed by atoms with Gasteiger partial charge in [0.15, 0.2) is 0 Å². The molecule has 0 unspecified atom stereocenters. The van der Waals surface area contributed by atoms with Gasteiger partial charge in [-0.25, -0.2) is 14.8 Å². The van der Waals surface area contributed by atoms with Crippen molar-refractivity contribution < 1.29 is 9.53 Å². The number of nitrogens with zero attached hydrogens (tertiary/aromatic N) is 4. The van der Waals surface area contributed by atoms with Crippen molar-refractivity contribution in [1.29, 1.82) is 5.26 Å². The van der Waals surface area contributed by atoms with Crippen LogP contribution in [0.25, 0.3) is 0 Å². The second-order valence-electron chi connectivity index (χ2n) is 9.50. The van der Waals surface area contributed by atoms with Crippen LogP contribution in [0, 0.1) is 18.3 Å². The van der Waals surface area contributed by atoms with Gasteiger partial charge in [0.2, 0.25) is 11.7 Å². The molecule has 2 N–H and O–H groups in total. The van der Waals surface area contributed by atoms with Gasteiger partial charge in [-0.2, -0.15) is 5.26 Å². The van der Waals surface area contributed by atoms with Gasteiger partial charge in [0.25, 0.3) is 5.56 Å². The molecule has 0 atom stereocenters. The van der Waals surface area contributed by atoms with Crippen molar-refractivity contribution in [3.05, 3.63) is 114 Å². The molecule has 0 bridgehead atoms. The molecule has 0 fully saturated rings. The maximum Gasteiger partial charge on any atom is 0.329 e. The number of carbonyl (C=O) groups excluding carboxylic acids is 1. The van der Waals surface area contributed by atoms with E-state index >= 15 is 0 Å². The Kier molecular flexibility index (Phi) is 8.46. The van der Waals surface area contributed by atoms with Crippen LogP contribution in [0.2, 0.25) is 5.15 Å². The number of hydrogen-bond acceptors (Lipinski definition) is 8. The number of ketones is 1. The number of benzene rings is 2. The predicted molar refractivity (Wildman–Crippen MR) is 151 cm³/mol. The highest BCUT2D eigenvalue weighted by Gasteiger charge is 2.25. The third-order valence-electron chi connectivity index (χ3n) is 6.17. The van der Waals surface area contributed by atoms with Gasteiger partial charge in [-0.05, 0) is 60.4 Å². The molecule has 0 saturated heterocycles. The molecule has 2 aromatic carbocycles. The normalized spacial score (nSPS) is 10.8. The average Bonchev–Trinajstić information content (AvgIpc) is 2.92. The number of nitrogens with one attached hydrogen (secondary N) is 2. The van der Waals surface area contributed by atoms with Crippen molar-refractivity contribution >= 4 is 23.3 Å². The molecule has 11 heteroatoms. The SMILES string of the molecule is COc1ccc(CNc2nc(Cl)cc(Cn3c(C(=O)c4cc(C)cc(C#N)c4)c(C(C)C)c(=O)[nH]c3=O)n2)cc1. The van der Waals surface area contributed by atoms with E-state index in [1.165, 1.54) is 16.7 Å². The second-order valence-corrected chi connectivity index (χ2v) is 9.89. The Hall–Kier alpha value is -4.75. The number of rotatable bonds is 9. The molecular weight excluding hydrogens is 532 g/mol. The fourth-order valence-electron chi connectivity index (χ4n) is 4.34. The highest BCUT2D eigenvalue weighted by Crippen LogP contribution is 2.21. The van der Waals surface area contributed by atoms with Crippen LogP contribution in [0.1, 0.15) is 63.8 Å². The molecule has 0 saturated carbocycles. The van der Waals surface area contributed by atoms with Crippen LogP contribution in [0.4, 0.5) is 5.95 Å². The lowest BCUT2D eigenvalue weighted by Crippen LogP contribution is -2.38. The minimum Gasteiger partial charge on any atom is -0.497 e. The Labute approximate surface area is 235 Å². The van der Waals surface area contributed by atoms with E-state index in [2.05, 4.69) is 20.3 Å². The summed E-state index contributed by atoms with van der Waals surface area (Å²) >= 11 is 6.28. The maximum atomic E-state index is 13.8. The molecule has 4 aromatic rings. The van der Waals surface area contributed by atoms with Crippen LogP contribution in [-0.2, 0) is 13.1 Å². The summed E-state index contributed by atoms with van der Waals surface area (Å²) in [5, 5.41) is 12.6. The zero-order valence-corrected chi connectivity index (χ0v) is 23.2. The summed E-state index contributed by atoms with van der Waals surface area (Å²) in [6, 6.07) is 15.7.